The molecule has 0 saturated carbocycles. The molecule has 0 atom stereocenters. The van der Waals surface area contributed by atoms with Crippen LogP contribution < -0.4 is 5.32 Å². The average molecular weight is 382 g/mol. The normalized spacial score (nSPS) is 11.8. The zero-order chi connectivity index (χ0) is 19.6. The van der Waals surface area contributed by atoms with Crippen molar-refractivity contribution < 1.29 is 4.79 Å². The number of carbonyl (C=O) groups is 1. The quantitative estimate of drug-likeness (QED) is 0.701. The fourth-order valence-electron chi connectivity index (χ4n) is 3.30. The molecular formula is C22H24ClN3O. The van der Waals surface area contributed by atoms with Crippen molar-refractivity contribution in [1.82, 2.24) is 15.2 Å². The Morgan fingerprint density at radius 2 is 1.85 bits per heavy atom. The third-order valence-electron chi connectivity index (χ3n) is 4.25. The third-order valence-corrected chi connectivity index (χ3v) is 4.56. The van der Waals surface area contributed by atoms with Gasteiger partial charge in [-0.1, -0.05) is 41.9 Å². The molecule has 3 rings (SSSR count). The Balaban J connectivity index is 1.89. The number of aromatic nitrogens is 1. The van der Waals surface area contributed by atoms with Crippen LogP contribution in [0.5, 0.6) is 0 Å². The molecule has 140 valence electrons. The van der Waals surface area contributed by atoms with E-state index in [4.69, 9.17) is 11.6 Å². The lowest BCUT2D eigenvalue weighted by Crippen LogP contribution is -2.49. The van der Waals surface area contributed by atoms with Crippen LogP contribution in [0, 0.1) is 0 Å². The number of para-hydroxylation sites is 1. The van der Waals surface area contributed by atoms with E-state index < -0.39 is 0 Å². The molecule has 1 heterocycles. The molecule has 0 aliphatic heterocycles. The highest BCUT2D eigenvalue weighted by Crippen LogP contribution is 2.26. The Bertz CT molecular complexity index is 982. The number of carbonyl (C=O) groups excluding carboxylic acids is 1. The molecule has 5 heteroatoms. The molecule has 0 unspecified atom stereocenters. The zero-order valence-corrected chi connectivity index (χ0v) is 16.8. The van der Waals surface area contributed by atoms with E-state index >= 15 is 0 Å². The van der Waals surface area contributed by atoms with E-state index in [0.29, 0.717) is 10.6 Å². The molecule has 0 spiro atoms. The van der Waals surface area contributed by atoms with Gasteiger partial charge in [-0.25, -0.2) is 4.98 Å². The summed E-state index contributed by atoms with van der Waals surface area (Å²) in [6.45, 7) is 4.78. The summed E-state index contributed by atoms with van der Waals surface area (Å²) >= 11 is 6.28. The van der Waals surface area contributed by atoms with Gasteiger partial charge in [-0.3, -0.25) is 4.79 Å². The molecule has 1 N–H and O–H groups in total. The lowest BCUT2D eigenvalue weighted by Gasteiger charge is -2.29. The lowest BCUT2D eigenvalue weighted by molar-refractivity contribution is 0.0899. The van der Waals surface area contributed by atoms with E-state index in [9.17, 15) is 4.79 Å². The minimum Gasteiger partial charge on any atom is -0.346 e. The van der Waals surface area contributed by atoms with E-state index in [1.807, 2.05) is 82.5 Å². The minimum atomic E-state index is -0.328. The number of rotatable bonds is 5. The van der Waals surface area contributed by atoms with Gasteiger partial charge in [0.25, 0.3) is 5.91 Å². The summed E-state index contributed by atoms with van der Waals surface area (Å²) in [5.41, 5.74) is 2.72. The Morgan fingerprint density at radius 1 is 1.11 bits per heavy atom. The van der Waals surface area contributed by atoms with Gasteiger partial charge in [0.1, 0.15) is 0 Å². The molecule has 27 heavy (non-hydrogen) atoms. The molecule has 4 nitrogen and oxygen atoms in total. The minimum absolute atomic E-state index is 0.0949. The van der Waals surface area contributed by atoms with E-state index in [0.717, 1.165) is 28.7 Å². The van der Waals surface area contributed by atoms with Crippen LogP contribution in [-0.4, -0.2) is 42.0 Å². The highest BCUT2D eigenvalue weighted by atomic mass is 35.5. The number of hydrogen-bond acceptors (Lipinski definition) is 3. The van der Waals surface area contributed by atoms with Crippen LogP contribution in [0.15, 0.2) is 54.6 Å². The molecule has 2 aromatic carbocycles. The van der Waals surface area contributed by atoms with Crippen molar-refractivity contribution in [1.29, 1.82) is 0 Å². The number of nitrogens with zero attached hydrogens (tertiary/aromatic N) is 2. The standard InChI is InChI=1S/C22H24ClN3O/c1-22(2,14-26(3)4)25-21(27)17-9-5-8-16(13-17)19-12-11-15-7-6-10-18(23)20(15)24-19/h5-13H,14H2,1-4H3,(H,25,27). The highest BCUT2D eigenvalue weighted by Gasteiger charge is 2.22. The predicted molar refractivity (Wildman–Crippen MR) is 112 cm³/mol. The molecule has 1 aromatic heterocycles. The number of likely N-dealkylation sites (N-methyl/N-ethyl adjacent to an activating group) is 1. The van der Waals surface area contributed by atoms with Crippen LogP contribution in [0.4, 0.5) is 0 Å². The fourth-order valence-corrected chi connectivity index (χ4v) is 3.53. The Hall–Kier alpha value is -2.43. The van der Waals surface area contributed by atoms with Crippen LogP contribution in [0.1, 0.15) is 24.2 Å². The van der Waals surface area contributed by atoms with Crippen molar-refractivity contribution in [2.45, 2.75) is 19.4 Å². The van der Waals surface area contributed by atoms with Crippen molar-refractivity contribution in [2.24, 2.45) is 0 Å². The average Bonchev–Trinajstić information content (AvgIpc) is 2.60. The lowest BCUT2D eigenvalue weighted by atomic mass is 10.0. The molecule has 0 aliphatic rings. The molecule has 0 aliphatic carbocycles. The van der Waals surface area contributed by atoms with E-state index in [1.54, 1.807) is 0 Å². The summed E-state index contributed by atoms with van der Waals surface area (Å²) in [6.07, 6.45) is 0. The van der Waals surface area contributed by atoms with Gasteiger partial charge in [0.05, 0.1) is 16.2 Å². The first-order valence-corrected chi connectivity index (χ1v) is 9.26. The molecule has 1 amide bonds. The number of halogens is 1. The van der Waals surface area contributed by atoms with Gasteiger partial charge in [0.2, 0.25) is 0 Å². The van der Waals surface area contributed by atoms with E-state index in [1.165, 1.54) is 0 Å². The smallest absolute Gasteiger partial charge is 0.251 e. The monoisotopic (exact) mass is 381 g/mol. The maximum Gasteiger partial charge on any atom is 0.251 e. The summed E-state index contributed by atoms with van der Waals surface area (Å²) in [6, 6.07) is 17.2. The van der Waals surface area contributed by atoms with Crippen LogP contribution in [0.25, 0.3) is 22.2 Å². The molecule has 0 fully saturated rings. The second-order valence-corrected chi connectivity index (χ2v) is 8.07. The summed E-state index contributed by atoms with van der Waals surface area (Å²) in [4.78, 5) is 19.5. The first-order chi connectivity index (χ1) is 12.7. The Morgan fingerprint density at radius 3 is 2.59 bits per heavy atom. The number of nitrogens with one attached hydrogen (secondary N) is 1. The van der Waals surface area contributed by atoms with Crippen molar-refractivity contribution in [2.75, 3.05) is 20.6 Å². The zero-order valence-electron chi connectivity index (χ0n) is 16.1. The van der Waals surface area contributed by atoms with Crippen LogP contribution in [-0.2, 0) is 0 Å². The van der Waals surface area contributed by atoms with Gasteiger partial charge < -0.3 is 10.2 Å². The first kappa shape index (κ1) is 19.3. The largest absolute Gasteiger partial charge is 0.346 e. The number of amides is 1. The van der Waals surface area contributed by atoms with Crippen LogP contribution in [0.3, 0.4) is 0 Å². The third kappa shape index (κ3) is 4.65. The molecule has 3 aromatic rings. The molecular weight excluding hydrogens is 358 g/mol. The maximum absolute atomic E-state index is 12.7. The first-order valence-electron chi connectivity index (χ1n) is 8.88. The summed E-state index contributed by atoms with van der Waals surface area (Å²) in [5.74, 6) is -0.0949. The number of pyridine rings is 1. The van der Waals surface area contributed by atoms with Crippen LogP contribution in [0.2, 0.25) is 5.02 Å². The number of fused-ring (bicyclic) bond motifs is 1. The Labute approximate surface area is 165 Å². The summed E-state index contributed by atoms with van der Waals surface area (Å²) in [7, 11) is 3.98. The maximum atomic E-state index is 12.7. The van der Waals surface area contributed by atoms with Crippen LogP contribution >= 0.6 is 11.6 Å². The fraction of sp³-hybridized carbons (Fsp3) is 0.273. The van der Waals surface area contributed by atoms with E-state index in [-0.39, 0.29) is 11.4 Å². The summed E-state index contributed by atoms with van der Waals surface area (Å²) in [5, 5.41) is 4.71. The van der Waals surface area contributed by atoms with Gasteiger partial charge in [-0.05, 0) is 52.2 Å². The SMILES string of the molecule is CN(C)CC(C)(C)NC(=O)c1cccc(-c2ccc3cccc(Cl)c3n2)c1. The van der Waals surface area contributed by atoms with Crippen molar-refractivity contribution in [3.05, 3.63) is 65.2 Å². The van der Waals surface area contributed by atoms with Crippen molar-refractivity contribution in [3.8, 4) is 11.3 Å². The van der Waals surface area contributed by atoms with Gasteiger partial charge in [-0.15, -0.1) is 0 Å². The number of benzene rings is 2. The van der Waals surface area contributed by atoms with Gasteiger partial charge in [-0.2, -0.15) is 0 Å². The topological polar surface area (TPSA) is 45.2 Å². The predicted octanol–water partition coefficient (Wildman–Crippen LogP) is 4.63. The van der Waals surface area contributed by atoms with Gasteiger partial charge >= 0.3 is 0 Å². The Kier molecular flexibility index (Phi) is 5.49. The van der Waals surface area contributed by atoms with Gasteiger partial charge in [0.15, 0.2) is 0 Å². The van der Waals surface area contributed by atoms with Crippen molar-refractivity contribution >= 4 is 28.4 Å². The molecule has 0 bridgehead atoms. The molecule has 0 radical (unpaired) electrons. The summed E-state index contributed by atoms with van der Waals surface area (Å²) < 4.78 is 0. The van der Waals surface area contributed by atoms with Gasteiger partial charge in [0, 0.05) is 28.6 Å². The van der Waals surface area contributed by atoms with E-state index in [2.05, 4.69) is 15.2 Å². The second kappa shape index (κ2) is 7.67. The number of hydrogen-bond donors (Lipinski definition) is 1. The second-order valence-electron chi connectivity index (χ2n) is 7.66. The van der Waals surface area contributed by atoms with Crippen molar-refractivity contribution in [3.63, 3.8) is 0 Å². The highest BCUT2D eigenvalue weighted by molar-refractivity contribution is 6.35. The molecule has 0 saturated heterocycles.